The summed E-state index contributed by atoms with van der Waals surface area (Å²) in [5.74, 6) is -0.692. The molecule has 0 radical (unpaired) electrons. The first kappa shape index (κ1) is 16.7. The summed E-state index contributed by atoms with van der Waals surface area (Å²) in [7, 11) is 0. The Morgan fingerprint density at radius 1 is 0.857 bits per heavy atom. The van der Waals surface area contributed by atoms with Crippen LogP contribution in [0.1, 0.15) is 27.7 Å². The molecule has 0 aliphatic carbocycles. The number of hydrogen-bond donors (Lipinski definition) is 3. The fourth-order valence-corrected chi connectivity index (χ4v) is 1.81. The van der Waals surface area contributed by atoms with E-state index < -0.39 is 6.04 Å². The number of amides is 3. The van der Waals surface area contributed by atoms with Gasteiger partial charge in [-0.05, 0) is 30.2 Å². The maximum absolute atomic E-state index is 12.2. The predicted octanol–water partition coefficient (Wildman–Crippen LogP) is 1.74. The summed E-state index contributed by atoms with van der Waals surface area (Å²) in [5, 5.41) is 8.02. The van der Waals surface area contributed by atoms with Crippen molar-refractivity contribution in [3.8, 4) is 0 Å². The minimum absolute atomic E-state index is 0.0208. The number of rotatable bonds is 5. The van der Waals surface area contributed by atoms with Crippen molar-refractivity contribution in [2.24, 2.45) is 5.92 Å². The molecule has 0 bridgehead atoms. The standard InChI is InChI=1S/C15H21N3O3/c1-9(2)14(17-11(4)20)15(21)18-13-7-5-12(6-8-13)16-10(3)19/h5-9,14H,1-4H3,(H,16,19)(H,17,20)(H,18,21)/t14-/m0/s1. The largest absolute Gasteiger partial charge is 0.344 e. The molecule has 1 rings (SSSR count). The lowest BCUT2D eigenvalue weighted by molar-refractivity contribution is -0.126. The first-order valence-electron chi connectivity index (χ1n) is 6.75. The Labute approximate surface area is 124 Å². The van der Waals surface area contributed by atoms with Crippen molar-refractivity contribution < 1.29 is 14.4 Å². The Bertz CT molecular complexity index is 523. The Balaban J connectivity index is 2.72. The molecule has 6 nitrogen and oxygen atoms in total. The number of nitrogens with one attached hydrogen (secondary N) is 3. The second-order valence-electron chi connectivity index (χ2n) is 5.17. The highest BCUT2D eigenvalue weighted by Crippen LogP contribution is 2.14. The lowest BCUT2D eigenvalue weighted by Crippen LogP contribution is -2.46. The zero-order valence-electron chi connectivity index (χ0n) is 12.7. The van der Waals surface area contributed by atoms with Gasteiger partial charge in [0.1, 0.15) is 6.04 Å². The summed E-state index contributed by atoms with van der Waals surface area (Å²) >= 11 is 0. The summed E-state index contributed by atoms with van der Waals surface area (Å²) in [4.78, 5) is 34.2. The summed E-state index contributed by atoms with van der Waals surface area (Å²) in [5.41, 5.74) is 1.26. The lowest BCUT2D eigenvalue weighted by atomic mass is 10.0. The molecule has 3 N–H and O–H groups in total. The topological polar surface area (TPSA) is 87.3 Å². The molecule has 6 heteroatoms. The van der Waals surface area contributed by atoms with Crippen LogP contribution in [0.15, 0.2) is 24.3 Å². The van der Waals surface area contributed by atoms with Gasteiger partial charge >= 0.3 is 0 Å². The number of carbonyl (C=O) groups excluding carboxylic acids is 3. The van der Waals surface area contributed by atoms with E-state index in [-0.39, 0.29) is 23.6 Å². The smallest absolute Gasteiger partial charge is 0.247 e. The fourth-order valence-electron chi connectivity index (χ4n) is 1.81. The third-order valence-electron chi connectivity index (χ3n) is 2.78. The van der Waals surface area contributed by atoms with Gasteiger partial charge in [-0.1, -0.05) is 13.8 Å². The van der Waals surface area contributed by atoms with Gasteiger partial charge in [0.2, 0.25) is 17.7 Å². The minimum Gasteiger partial charge on any atom is -0.344 e. The van der Waals surface area contributed by atoms with Crippen molar-refractivity contribution >= 4 is 29.1 Å². The van der Waals surface area contributed by atoms with Crippen LogP contribution in [-0.4, -0.2) is 23.8 Å². The highest BCUT2D eigenvalue weighted by molar-refractivity contribution is 5.97. The molecule has 21 heavy (non-hydrogen) atoms. The maximum Gasteiger partial charge on any atom is 0.247 e. The van der Waals surface area contributed by atoms with Gasteiger partial charge in [0.15, 0.2) is 0 Å². The van der Waals surface area contributed by atoms with E-state index in [0.29, 0.717) is 11.4 Å². The van der Waals surface area contributed by atoms with Crippen LogP contribution in [0.25, 0.3) is 0 Å². The van der Waals surface area contributed by atoms with Gasteiger partial charge in [0, 0.05) is 25.2 Å². The van der Waals surface area contributed by atoms with Gasteiger partial charge in [-0.25, -0.2) is 0 Å². The van der Waals surface area contributed by atoms with Crippen LogP contribution in [0.3, 0.4) is 0 Å². The molecule has 0 aromatic heterocycles. The zero-order chi connectivity index (χ0) is 16.0. The average molecular weight is 291 g/mol. The Hall–Kier alpha value is -2.37. The SMILES string of the molecule is CC(=O)Nc1ccc(NC(=O)[C@@H](NC(C)=O)C(C)C)cc1. The molecule has 1 aromatic carbocycles. The van der Waals surface area contributed by atoms with Crippen LogP contribution in [0.2, 0.25) is 0 Å². The zero-order valence-corrected chi connectivity index (χ0v) is 12.7. The summed E-state index contributed by atoms with van der Waals surface area (Å²) in [6, 6.07) is 6.18. The summed E-state index contributed by atoms with van der Waals surface area (Å²) in [6.45, 7) is 6.53. The van der Waals surface area contributed by atoms with E-state index in [1.54, 1.807) is 24.3 Å². The molecule has 0 heterocycles. The molecule has 114 valence electrons. The maximum atomic E-state index is 12.2. The molecule has 0 aliphatic heterocycles. The van der Waals surface area contributed by atoms with Crippen LogP contribution in [0.5, 0.6) is 0 Å². The molecule has 0 saturated heterocycles. The van der Waals surface area contributed by atoms with Crippen molar-refractivity contribution in [2.45, 2.75) is 33.7 Å². The number of benzene rings is 1. The van der Waals surface area contributed by atoms with Crippen LogP contribution in [0, 0.1) is 5.92 Å². The third-order valence-corrected chi connectivity index (χ3v) is 2.78. The van der Waals surface area contributed by atoms with Crippen LogP contribution in [0.4, 0.5) is 11.4 Å². The van der Waals surface area contributed by atoms with Crippen molar-refractivity contribution in [3.63, 3.8) is 0 Å². The van der Waals surface area contributed by atoms with E-state index in [1.165, 1.54) is 13.8 Å². The van der Waals surface area contributed by atoms with Gasteiger partial charge < -0.3 is 16.0 Å². The Morgan fingerprint density at radius 2 is 1.33 bits per heavy atom. The van der Waals surface area contributed by atoms with Crippen LogP contribution < -0.4 is 16.0 Å². The predicted molar refractivity (Wildman–Crippen MR) is 81.8 cm³/mol. The highest BCUT2D eigenvalue weighted by atomic mass is 16.2. The van der Waals surface area contributed by atoms with Gasteiger partial charge in [-0.15, -0.1) is 0 Å². The molecule has 0 unspecified atom stereocenters. The van der Waals surface area contributed by atoms with Gasteiger partial charge in [-0.3, -0.25) is 14.4 Å². The third kappa shape index (κ3) is 5.64. The normalized spacial score (nSPS) is 11.7. The quantitative estimate of drug-likeness (QED) is 0.772. The molecular weight excluding hydrogens is 270 g/mol. The number of anilines is 2. The van der Waals surface area contributed by atoms with E-state index in [1.807, 2.05) is 13.8 Å². The molecule has 1 aromatic rings. The number of hydrogen-bond acceptors (Lipinski definition) is 3. The molecule has 0 fully saturated rings. The van der Waals surface area contributed by atoms with Gasteiger partial charge in [0.05, 0.1) is 0 Å². The molecular formula is C15H21N3O3. The summed E-state index contributed by atoms with van der Waals surface area (Å²) in [6.07, 6.45) is 0. The molecule has 0 spiro atoms. The van der Waals surface area contributed by atoms with Crippen LogP contribution >= 0.6 is 0 Å². The molecule has 1 atom stereocenters. The van der Waals surface area contributed by atoms with Crippen molar-refractivity contribution in [1.29, 1.82) is 0 Å². The van der Waals surface area contributed by atoms with Crippen LogP contribution in [-0.2, 0) is 14.4 Å². The second kappa shape index (κ2) is 7.42. The molecule has 0 aliphatic rings. The molecule has 3 amide bonds. The average Bonchev–Trinajstić information content (AvgIpc) is 2.37. The van der Waals surface area contributed by atoms with E-state index in [9.17, 15) is 14.4 Å². The van der Waals surface area contributed by atoms with E-state index >= 15 is 0 Å². The Morgan fingerprint density at radius 3 is 1.71 bits per heavy atom. The fraction of sp³-hybridized carbons (Fsp3) is 0.400. The molecule has 0 saturated carbocycles. The first-order valence-corrected chi connectivity index (χ1v) is 6.75. The highest BCUT2D eigenvalue weighted by Gasteiger charge is 2.22. The number of carbonyl (C=O) groups is 3. The van der Waals surface area contributed by atoms with Crippen molar-refractivity contribution in [2.75, 3.05) is 10.6 Å². The van der Waals surface area contributed by atoms with E-state index in [0.717, 1.165) is 0 Å². The van der Waals surface area contributed by atoms with Crippen molar-refractivity contribution in [3.05, 3.63) is 24.3 Å². The summed E-state index contributed by atoms with van der Waals surface area (Å²) < 4.78 is 0. The van der Waals surface area contributed by atoms with Crippen molar-refractivity contribution in [1.82, 2.24) is 5.32 Å². The van der Waals surface area contributed by atoms with E-state index in [2.05, 4.69) is 16.0 Å². The second-order valence-corrected chi connectivity index (χ2v) is 5.17. The minimum atomic E-state index is -0.586. The van der Waals surface area contributed by atoms with Gasteiger partial charge in [0.25, 0.3) is 0 Å². The lowest BCUT2D eigenvalue weighted by Gasteiger charge is -2.21. The van der Waals surface area contributed by atoms with E-state index in [4.69, 9.17) is 0 Å². The Kier molecular flexibility index (Phi) is 5.90. The van der Waals surface area contributed by atoms with Gasteiger partial charge in [-0.2, -0.15) is 0 Å². The monoisotopic (exact) mass is 291 g/mol. The first-order chi connectivity index (χ1) is 9.79.